The number of carboxylic acid groups (broad SMARTS) is 1. The Morgan fingerprint density at radius 3 is 2.89 bits per heavy atom. The predicted molar refractivity (Wildman–Crippen MR) is 72.8 cm³/mol. The summed E-state index contributed by atoms with van der Waals surface area (Å²) in [6.45, 7) is 2.05. The number of hydrogen-bond donors (Lipinski definition) is 1. The van der Waals surface area contributed by atoms with Crippen molar-refractivity contribution in [2.75, 3.05) is 19.1 Å². The van der Waals surface area contributed by atoms with Crippen LogP contribution in [0.2, 0.25) is 0 Å². The summed E-state index contributed by atoms with van der Waals surface area (Å²) in [5.74, 6) is 0.0854. The van der Waals surface area contributed by atoms with E-state index in [4.69, 9.17) is 9.84 Å². The molecule has 0 saturated heterocycles. The topological polar surface area (TPSA) is 49.8 Å². The van der Waals surface area contributed by atoms with Gasteiger partial charge in [-0.15, -0.1) is 11.8 Å². The Kier molecular flexibility index (Phi) is 3.71. The highest BCUT2D eigenvalue weighted by atomic mass is 32.2. The van der Waals surface area contributed by atoms with Crippen molar-refractivity contribution in [2.24, 2.45) is 0 Å². The van der Waals surface area contributed by atoms with Crippen molar-refractivity contribution in [1.82, 2.24) is 0 Å². The number of hydrogen-bond acceptors (Lipinski definition) is 4. The molecule has 1 aliphatic rings. The molecule has 0 bridgehead atoms. The number of rotatable bonds is 3. The van der Waals surface area contributed by atoms with Gasteiger partial charge in [0.2, 0.25) is 0 Å². The van der Waals surface area contributed by atoms with Crippen molar-refractivity contribution in [3.63, 3.8) is 0 Å². The standard InChI is InChI=1S/C13H17NO3S/c1-8-11(7-12(15)16)18-10-6-4-5-9(17-3)13(10)14(8)2/h4-6,8,11H,7H2,1-3H3,(H,15,16). The van der Waals surface area contributed by atoms with Gasteiger partial charge in [0.25, 0.3) is 0 Å². The third-order valence-corrected chi connectivity index (χ3v) is 4.78. The third-order valence-electron chi connectivity index (χ3n) is 3.34. The van der Waals surface area contributed by atoms with Crippen LogP contribution in [0, 0.1) is 0 Å². The predicted octanol–water partition coefficient (Wildman–Crippen LogP) is 2.47. The van der Waals surface area contributed by atoms with Crippen LogP contribution in [-0.4, -0.2) is 36.5 Å². The number of benzene rings is 1. The van der Waals surface area contributed by atoms with Gasteiger partial charge in [0.1, 0.15) is 5.75 Å². The number of carbonyl (C=O) groups is 1. The van der Waals surface area contributed by atoms with Crippen LogP contribution in [0.15, 0.2) is 23.1 Å². The Labute approximate surface area is 111 Å². The van der Waals surface area contributed by atoms with E-state index in [1.807, 2.05) is 25.2 Å². The molecule has 5 heteroatoms. The lowest BCUT2D eigenvalue weighted by Gasteiger charge is -2.39. The lowest BCUT2D eigenvalue weighted by atomic mass is 10.1. The number of aliphatic carboxylic acids is 1. The van der Waals surface area contributed by atoms with Gasteiger partial charge in [-0.05, 0) is 19.1 Å². The molecular formula is C13H17NO3S. The molecule has 1 heterocycles. The lowest BCUT2D eigenvalue weighted by Crippen LogP contribution is -2.41. The summed E-state index contributed by atoms with van der Waals surface area (Å²) in [7, 11) is 3.64. The first-order chi connectivity index (χ1) is 8.54. The molecule has 0 aliphatic carbocycles. The summed E-state index contributed by atoms with van der Waals surface area (Å²) in [5, 5.41) is 9.02. The lowest BCUT2D eigenvalue weighted by molar-refractivity contribution is -0.137. The van der Waals surface area contributed by atoms with E-state index in [1.165, 1.54) is 0 Å². The van der Waals surface area contributed by atoms with Gasteiger partial charge in [-0.25, -0.2) is 0 Å². The number of nitrogens with zero attached hydrogens (tertiary/aromatic N) is 1. The Bertz CT molecular complexity index is 464. The highest BCUT2D eigenvalue weighted by Gasteiger charge is 2.33. The minimum absolute atomic E-state index is 0.0621. The maximum atomic E-state index is 10.9. The molecule has 2 unspecified atom stereocenters. The number of carboxylic acids is 1. The maximum absolute atomic E-state index is 10.9. The zero-order valence-corrected chi connectivity index (χ0v) is 11.5. The molecule has 1 N–H and O–H groups in total. The van der Waals surface area contributed by atoms with Crippen molar-refractivity contribution in [3.8, 4) is 5.75 Å². The molecule has 4 nitrogen and oxygen atoms in total. The van der Waals surface area contributed by atoms with E-state index in [1.54, 1.807) is 18.9 Å². The van der Waals surface area contributed by atoms with E-state index in [2.05, 4.69) is 11.8 Å². The van der Waals surface area contributed by atoms with E-state index in [0.717, 1.165) is 16.3 Å². The summed E-state index contributed by atoms with van der Waals surface area (Å²) < 4.78 is 5.38. The molecule has 1 aliphatic heterocycles. The summed E-state index contributed by atoms with van der Waals surface area (Å²) in [6.07, 6.45) is 0.173. The first-order valence-corrected chi connectivity index (χ1v) is 6.71. The molecule has 0 amide bonds. The first kappa shape index (κ1) is 13.1. The van der Waals surface area contributed by atoms with E-state index in [-0.39, 0.29) is 17.7 Å². The van der Waals surface area contributed by atoms with Crippen LogP contribution in [0.25, 0.3) is 0 Å². The van der Waals surface area contributed by atoms with Crippen molar-refractivity contribution in [1.29, 1.82) is 0 Å². The van der Waals surface area contributed by atoms with Crippen LogP contribution in [0.1, 0.15) is 13.3 Å². The van der Waals surface area contributed by atoms with Gasteiger partial charge in [0.15, 0.2) is 0 Å². The molecule has 98 valence electrons. The molecular weight excluding hydrogens is 250 g/mol. The molecule has 0 fully saturated rings. The molecule has 2 rings (SSSR count). The molecule has 0 saturated carbocycles. The summed E-state index contributed by atoms with van der Waals surface area (Å²) in [6, 6.07) is 6.04. The van der Waals surface area contributed by atoms with E-state index < -0.39 is 5.97 Å². The SMILES string of the molecule is COc1cccc2c1N(C)C(C)C(CC(=O)O)S2. The van der Waals surface area contributed by atoms with E-state index in [9.17, 15) is 4.79 Å². The average molecular weight is 267 g/mol. The largest absolute Gasteiger partial charge is 0.495 e. The second-order valence-electron chi connectivity index (χ2n) is 4.41. The second-order valence-corrected chi connectivity index (χ2v) is 5.69. The van der Waals surface area contributed by atoms with Crippen LogP contribution in [0.4, 0.5) is 5.69 Å². The molecule has 1 aromatic carbocycles. The number of anilines is 1. The Balaban J connectivity index is 2.37. The van der Waals surface area contributed by atoms with Gasteiger partial charge in [-0.1, -0.05) is 6.07 Å². The Morgan fingerprint density at radius 1 is 1.56 bits per heavy atom. The Morgan fingerprint density at radius 2 is 2.28 bits per heavy atom. The molecule has 0 spiro atoms. The third kappa shape index (κ3) is 2.27. The van der Waals surface area contributed by atoms with E-state index >= 15 is 0 Å². The van der Waals surface area contributed by atoms with Crippen LogP contribution < -0.4 is 9.64 Å². The van der Waals surface area contributed by atoms with E-state index in [0.29, 0.717) is 0 Å². The van der Waals surface area contributed by atoms with Crippen molar-refractivity contribution in [2.45, 2.75) is 29.5 Å². The number of para-hydroxylation sites is 1. The number of fused-ring (bicyclic) bond motifs is 1. The minimum atomic E-state index is -0.751. The highest BCUT2D eigenvalue weighted by molar-refractivity contribution is 8.00. The monoisotopic (exact) mass is 267 g/mol. The van der Waals surface area contributed by atoms with Crippen molar-refractivity contribution in [3.05, 3.63) is 18.2 Å². The fourth-order valence-electron chi connectivity index (χ4n) is 2.21. The van der Waals surface area contributed by atoms with Gasteiger partial charge in [-0.2, -0.15) is 0 Å². The smallest absolute Gasteiger partial charge is 0.304 e. The van der Waals surface area contributed by atoms with Crippen molar-refractivity contribution >= 4 is 23.4 Å². The van der Waals surface area contributed by atoms with Crippen LogP contribution >= 0.6 is 11.8 Å². The second kappa shape index (κ2) is 5.10. The minimum Gasteiger partial charge on any atom is -0.495 e. The highest BCUT2D eigenvalue weighted by Crippen LogP contribution is 2.46. The van der Waals surface area contributed by atoms with Gasteiger partial charge in [-0.3, -0.25) is 4.79 Å². The molecule has 2 atom stereocenters. The molecule has 0 aromatic heterocycles. The van der Waals surface area contributed by atoms with Gasteiger partial charge in [0.05, 0.1) is 19.2 Å². The summed E-state index contributed by atoms with van der Waals surface area (Å²) in [5.41, 5.74) is 1.05. The fourth-order valence-corrected chi connectivity index (χ4v) is 3.65. The zero-order chi connectivity index (χ0) is 13.3. The van der Waals surface area contributed by atoms with Crippen LogP contribution in [0.5, 0.6) is 5.75 Å². The molecule has 0 radical (unpaired) electrons. The first-order valence-electron chi connectivity index (χ1n) is 5.83. The number of methoxy groups -OCH3 is 1. The van der Waals surface area contributed by atoms with Gasteiger partial charge >= 0.3 is 5.97 Å². The quantitative estimate of drug-likeness (QED) is 0.911. The van der Waals surface area contributed by atoms with Crippen LogP contribution in [0.3, 0.4) is 0 Å². The zero-order valence-electron chi connectivity index (χ0n) is 10.7. The van der Waals surface area contributed by atoms with Crippen LogP contribution in [-0.2, 0) is 4.79 Å². The summed E-state index contributed by atoms with van der Waals surface area (Å²) in [4.78, 5) is 14.1. The number of thioether (sulfide) groups is 1. The average Bonchev–Trinajstić information content (AvgIpc) is 2.34. The summed E-state index contributed by atoms with van der Waals surface area (Å²) >= 11 is 1.62. The number of ether oxygens (including phenoxy) is 1. The molecule has 18 heavy (non-hydrogen) atoms. The Hall–Kier alpha value is -1.36. The maximum Gasteiger partial charge on any atom is 0.304 e. The van der Waals surface area contributed by atoms with Gasteiger partial charge in [0, 0.05) is 23.2 Å². The van der Waals surface area contributed by atoms with Crippen molar-refractivity contribution < 1.29 is 14.6 Å². The normalized spacial score (nSPS) is 22.5. The molecule has 1 aromatic rings. The van der Waals surface area contributed by atoms with Gasteiger partial charge < -0.3 is 14.7 Å². The fraction of sp³-hybridized carbons (Fsp3) is 0.462.